The van der Waals surface area contributed by atoms with Crippen LogP contribution in [0.25, 0.3) is 5.57 Å². The Labute approximate surface area is 230 Å². The summed E-state index contributed by atoms with van der Waals surface area (Å²) in [4.78, 5) is 45.5. The topological polar surface area (TPSA) is 98.2 Å². The Hall–Kier alpha value is -3.15. The van der Waals surface area contributed by atoms with E-state index in [0.29, 0.717) is 42.8 Å². The molecular formula is C28H33F2N3O5S. The van der Waals surface area contributed by atoms with E-state index >= 15 is 0 Å². The summed E-state index contributed by atoms with van der Waals surface area (Å²) in [5.74, 6) is -2.37. The third-order valence-corrected chi connectivity index (χ3v) is 7.21. The molecule has 39 heavy (non-hydrogen) atoms. The van der Waals surface area contributed by atoms with Gasteiger partial charge in [0.15, 0.2) is 5.70 Å². The SMILES string of the molecule is C/C=C(\C(=O)/C(N=O)=C1\C[C@@H](COCCOC)CN(CC(C)C)C1=O)c1ncc(Cc2ccc(F)cc2F)s1. The molecule has 1 saturated heterocycles. The van der Waals surface area contributed by atoms with Crippen molar-refractivity contribution in [2.45, 2.75) is 33.6 Å². The highest BCUT2D eigenvalue weighted by Gasteiger charge is 2.35. The summed E-state index contributed by atoms with van der Waals surface area (Å²) in [6, 6.07) is 3.35. The number of benzene rings is 1. The number of ether oxygens (including phenoxy) is 2. The summed E-state index contributed by atoms with van der Waals surface area (Å²) in [5.41, 5.74) is 0.0280. The number of ketones is 1. The quantitative estimate of drug-likeness (QED) is 0.190. The van der Waals surface area contributed by atoms with Gasteiger partial charge in [0.05, 0.1) is 31.0 Å². The van der Waals surface area contributed by atoms with Gasteiger partial charge in [-0.05, 0) is 36.1 Å². The van der Waals surface area contributed by atoms with Gasteiger partial charge < -0.3 is 14.4 Å². The van der Waals surface area contributed by atoms with Crippen molar-refractivity contribution in [1.29, 1.82) is 0 Å². The number of carbonyl (C=O) groups excluding carboxylic acids is 2. The van der Waals surface area contributed by atoms with Crippen molar-refractivity contribution < 1.29 is 27.8 Å². The van der Waals surface area contributed by atoms with Crippen molar-refractivity contribution in [3.63, 3.8) is 0 Å². The van der Waals surface area contributed by atoms with Crippen LogP contribution in [0.3, 0.4) is 0 Å². The molecule has 0 N–H and O–H groups in total. The standard InChI is InChI=1S/C28H33F2N3O5S/c1-5-22(27-31-13-21(39-27)11-19-6-7-20(29)12-24(19)30)26(34)25(32-36)23-10-18(16-38-9-8-37-4)15-33(28(23)35)14-17(2)3/h5-7,12-13,17-18H,8-11,14-16H2,1-4H3/b22-5+,25-23-/t18-/m1/s1. The van der Waals surface area contributed by atoms with Crippen LogP contribution in [0.4, 0.5) is 8.78 Å². The van der Waals surface area contributed by atoms with Gasteiger partial charge in [-0.25, -0.2) is 13.8 Å². The fourth-order valence-electron chi connectivity index (χ4n) is 4.41. The first-order valence-electron chi connectivity index (χ1n) is 12.7. The minimum Gasteiger partial charge on any atom is -0.382 e. The molecule has 2 aromatic rings. The Morgan fingerprint density at radius 3 is 2.72 bits per heavy atom. The zero-order valence-corrected chi connectivity index (χ0v) is 23.4. The number of piperidine rings is 1. The maximum absolute atomic E-state index is 14.1. The lowest BCUT2D eigenvalue weighted by Gasteiger charge is -2.35. The molecule has 1 aliphatic heterocycles. The van der Waals surface area contributed by atoms with E-state index in [1.807, 2.05) is 13.8 Å². The second-order valence-corrected chi connectivity index (χ2v) is 10.9. The van der Waals surface area contributed by atoms with Crippen LogP contribution in [0.1, 0.15) is 42.6 Å². The van der Waals surface area contributed by atoms with E-state index in [-0.39, 0.29) is 47.3 Å². The molecule has 3 rings (SSSR count). The third-order valence-electron chi connectivity index (χ3n) is 6.18. The molecule has 0 unspecified atom stereocenters. The van der Waals surface area contributed by atoms with Crippen LogP contribution < -0.4 is 0 Å². The minimum absolute atomic E-state index is 0.0618. The van der Waals surface area contributed by atoms with Gasteiger partial charge in [-0.3, -0.25) is 9.59 Å². The summed E-state index contributed by atoms with van der Waals surface area (Å²) in [5, 5.41) is 3.34. The Morgan fingerprint density at radius 1 is 1.31 bits per heavy atom. The number of allylic oxidation sites excluding steroid dienone is 2. The molecule has 1 aromatic heterocycles. The number of methoxy groups -OCH3 is 1. The molecular weight excluding hydrogens is 528 g/mol. The summed E-state index contributed by atoms with van der Waals surface area (Å²) in [7, 11) is 1.58. The third kappa shape index (κ3) is 7.93. The molecule has 2 heterocycles. The number of hydrogen-bond donors (Lipinski definition) is 0. The fourth-order valence-corrected chi connectivity index (χ4v) is 5.41. The lowest BCUT2D eigenvalue weighted by molar-refractivity contribution is -0.131. The van der Waals surface area contributed by atoms with Crippen LogP contribution in [-0.2, 0) is 25.5 Å². The van der Waals surface area contributed by atoms with Gasteiger partial charge in [0.25, 0.3) is 5.91 Å². The first-order valence-corrected chi connectivity index (χ1v) is 13.5. The van der Waals surface area contributed by atoms with E-state index in [9.17, 15) is 23.3 Å². The predicted molar refractivity (Wildman–Crippen MR) is 145 cm³/mol. The fraction of sp³-hybridized carbons (Fsp3) is 0.464. The van der Waals surface area contributed by atoms with Crippen LogP contribution in [-0.4, -0.2) is 61.6 Å². The van der Waals surface area contributed by atoms with Gasteiger partial charge in [-0.2, -0.15) is 0 Å². The van der Waals surface area contributed by atoms with E-state index in [1.54, 1.807) is 18.9 Å². The predicted octanol–water partition coefficient (Wildman–Crippen LogP) is 5.17. The molecule has 8 nitrogen and oxygen atoms in total. The summed E-state index contributed by atoms with van der Waals surface area (Å²) in [6.45, 7) is 7.65. The molecule has 1 fully saturated rings. The molecule has 1 atom stereocenters. The Kier molecular flexibility index (Phi) is 11.1. The van der Waals surface area contributed by atoms with E-state index < -0.39 is 23.1 Å². The van der Waals surface area contributed by atoms with Crippen LogP contribution in [0.2, 0.25) is 0 Å². The van der Waals surface area contributed by atoms with E-state index in [4.69, 9.17) is 9.47 Å². The molecule has 1 amide bonds. The number of likely N-dealkylation sites (tertiary alicyclic amines) is 1. The molecule has 11 heteroatoms. The molecule has 0 bridgehead atoms. The highest BCUT2D eigenvalue weighted by Crippen LogP contribution is 2.32. The highest BCUT2D eigenvalue weighted by molar-refractivity contribution is 7.13. The summed E-state index contributed by atoms with van der Waals surface area (Å²) >= 11 is 1.15. The number of thiazole rings is 1. The molecule has 1 aromatic carbocycles. The average molecular weight is 562 g/mol. The number of rotatable bonds is 13. The number of amides is 1. The monoisotopic (exact) mass is 561 g/mol. The van der Waals surface area contributed by atoms with Crippen molar-refractivity contribution in [2.24, 2.45) is 17.0 Å². The lowest BCUT2D eigenvalue weighted by atomic mass is 9.90. The number of aromatic nitrogens is 1. The number of halogens is 2. The van der Waals surface area contributed by atoms with Gasteiger partial charge in [0.2, 0.25) is 5.78 Å². The first-order chi connectivity index (χ1) is 18.7. The van der Waals surface area contributed by atoms with E-state index in [2.05, 4.69) is 10.2 Å². The average Bonchev–Trinajstić information content (AvgIpc) is 3.34. The van der Waals surface area contributed by atoms with Crippen LogP contribution >= 0.6 is 11.3 Å². The van der Waals surface area contributed by atoms with Crippen LogP contribution in [0.5, 0.6) is 0 Å². The van der Waals surface area contributed by atoms with Crippen LogP contribution in [0.15, 0.2) is 46.9 Å². The van der Waals surface area contributed by atoms with Gasteiger partial charge in [-0.15, -0.1) is 16.2 Å². The van der Waals surface area contributed by atoms with Crippen molar-refractivity contribution in [3.05, 3.63) is 73.7 Å². The van der Waals surface area contributed by atoms with Gasteiger partial charge in [-0.1, -0.05) is 26.0 Å². The number of nitrogens with zero attached hydrogens (tertiary/aromatic N) is 3. The van der Waals surface area contributed by atoms with E-state index in [1.165, 1.54) is 24.4 Å². The number of carbonyl (C=O) groups is 2. The lowest BCUT2D eigenvalue weighted by Crippen LogP contribution is -2.45. The molecule has 1 aliphatic rings. The van der Waals surface area contributed by atoms with Crippen molar-refractivity contribution in [2.75, 3.05) is 40.0 Å². The van der Waals surface area contributed by atoms with E-state index in [0.717, 1.165) is 17.4 Å². The van der Waals surface area contributed by atoms with Crippen molar-refractivity contribution >= 4 is 28.6 Å². The first kappa shape index (κ1) is 30.4. The van der Waals surface area contributed by atoms with Crippen LogP contribution in [0, 0.1) is 28.4 Å². The largest absolute Gasteiger partial charge is 0.382 e. The van der Waals surface area contributed by atoms with Gasteiger partial charge in [0.1, 0.15) is 16.6 Å². The minimum atomic E-state index is -0.699. The molecule has 0 spiro atoms. The van der Waals surface area contributed by atoms with Crippen molar-refractivity contribution in [1.82, 2.24) is 9.88 Å². The Morgan fingerprint density at radius 2 is 2.08 bits per heavy atom. The molecule has 0 saturated carbocycles. The maximum atomic E-state index is 14.1. The zero-order valence-electron chi connectivity index (χ0n) is 22.5. The normalized spacial score (nSPS) is 17.6. The Bertz CT molecular complexity index is 1260. The van der Waals surface area contributed by atoms with Crippen molar-refractivity contribution in [3.8, 4) is 0 Å². The number of Topliss-reactive ketones (excluding diaryl/α,β-unsaturated/α-hetero) is 1. The Balaban J connectivity index is 1.88. The second-order valence-electron chi connectivity index (χ2n) is 9.74. The summed E-state index contributed by atoms with van der Waals surface area (Å²) in [6.07, 6.45) is 3.35. The molecule has 0 radical (unpaired) electrons. The maximum Gasteiger partial charge on any atom is 0.252 e. The van der Waals surface area contributed by atoms with Gasteiger partial charge >= 0.3 is 0 Å². The van der Waals surface area contributed by atoms with Gasteiger partial charge in [0, 0.05) is 49.7 Å². The molecule has 210 valence electrons. The summed E-state index contributed by atoms with van der Waals surface area (Å²) < 4.78 is 38.1. The number of hydrogen-bond acceptors (Lipinski definition) is 8. The number of nitroso groups, excluding NO2 is 1. The smallest absolute Gasteiger partial charge is 0.252 e. The highest BCUT2D eigenvalue weighted by atomic mass is 32.1. The second kappa shape index (κ2) is 14.3. The molecule has 0 aliphatic carbocycles. The zero-order chi connectivity index (χ0) is 28.5.